The second kappa shape index (κ2) is 9.65. The molecule has 10 nitrogen and oxygen atoms in total. The van der Waals surface area contributed by atoms with Crippen LogP contribution < -0.4 is 18.9 Å². The van der Waals surface area contributed by atoms with Crippen molar-refractivity contribution in [3.05, 3.63) is 35.4 Å². The van der Waals surface area contributed by atoms with Gasteiger partial charge in [0.15, 0.2) is 23.0 Å². The number of benzene rings is 3. The Balaban J connectivity index is 2.71. The molecule has 0 aliphatic rings. The van der Waals surface area contributed by atoms with E-state index in [1.54, 1.807) is 18.2 Å². The minimum Gasteiger partial charge on any atom is -0.506 e. The third-order valence-corrected chi connectivity index (χ3v) is 5.32. The van der Waals surface area contributed by atoms with E-state index in [0.717, 1.165) is 14.2 Å². The molecule has 0 aliphatic heterocycles. The van der Waals surface area contributed by atoms with Crippen molar-refractivity contribution in [1.29, 1.82) is 0 Å². The van der Waals surface area contributed by atoms with Gasteiger partial charge in [-0.15, -0.1) is 0 Å². The van der Waals surface area contributed by atoms with Gasteiger partial charge in [0.25, 0.3) is 0 Å². The highest BCUT2D eigenvalue weighted by Gasteiger charge is 2.33. The highest BCUT2D eigenvalue weighted by atomic mass is 16.5. The smallest absolute Gasteiger partial charge is 0.342 e. The predicted octanol–water partition coefficient (Wildman–Crippen LogP) is 3.53. The molecule has 0 fully saturated rings. The molecule has 34 heavy (non-hydrogen) atoms. The molecule has 0 aliphatic carbocycles. The molecule has 0 radical (unpaired) electrons. The van der Waals surface area contributed by atoms with Gasteiger partial charge in [0.1, 0.15) is 11.3 Å². The van der Waals surface area contributed by atoms with Gasteiger partial charge in [-0.05, 0) is 23.8 Å². The summed E-state index contributed by atoms with van der Waals surface area (Å²) in [5.74, 6) is -2.15. The highest BCUT2D eigenvalue weighted by molar-refractivity contribution is 6.20. The number of phenols is 2. The van der Waals surface area contributed by atoms with Crippen LogP contribution in [0.2, 0.25) is 0 Å². The third kappa shape index (κ3) is 3.72. The number of fused-ring (bicyclic) bond motifs is 1. The average molecular weight is 472 g/mol. The number of carbonyl (C=O) groups is 2. The number of aromatic hydroxyl groups is 2. The summed E-state index contributed by atoms with van der Waals surface area (Å²) in [6.07, 6.45) is 0. The summed E-state index contributed by atoms with van der Waals surface area (Å²) in [5, 5.41) is 21.8. The van der Waals surface area contributed by atoms with Crippen molar-refractivity contribution in [2.75, 3.05) is 42.7 Å². The van der Waals surface area contributed by atoms with Crippen LogP contribution in [0, 0.1) is 0 Å². The van der Waals surface area contributed by atoms with Gasteiger partial charge < -0.3 is 38.6 Å². The molecule has 10 heteroatoms. The Morgan fingerprint density at radius 3 is 1.82 bits per heavy atom. The van der Waals surface area contributed by atoms with Crippen LogP contribution in [0.25, 0.3) is 21.9 Å². The van der Waals surface area contributed by atoms with Crippen molar-refractivity contribution in [1.82, 2.24) is 0 Å². The quantitative estimate of drug-likeness (QED) is 0.493. The van der Waals surface area contributed by atoms with E-state index in [9.17, 15) is 19.8 Å². The summed E-state index contributed by atoms with van der Waals surface area (Å²) in [7, 11) is 7.81. The van der Waals surface area contributed by atoms with Gasteiger partial charge >= 0.3 is 11.9 Å². The lowest BCUT2D eigenvalue weighted by molar-refractivity contribution is 0.0553. The van der Waals surface area contributed by atoms with Crippen molar-refractivity contribution >= 4 is 22.7 Å². The first-order valence-corrected chi connectivity index (χ1v) is 9.85. The molecule has 0 aromatic heterocycles. The van der Waals surface area contributed by atoms with Crippen LogP contribution in [0.4, 0.5) is 0 Å². The van der Waals surface area contributed by atoms with Crippen LogP contribution in [0.5, 0.6) is 34.5 Å². The minimum absolute atomic E-state index is 0.00740. The SMILES string of the molecule is COC(=O)c1c(C(=O)OC)c(-c2ccc(OC)c(OC)c2)c2c(OC)c(OC)c(O)cc2c1O. The lowest BCUT2D eigenvalue weighted by atomic mass is 9.87. The van der Waals surface area contributed by atoms with Crippen molar-refractivity contribution in [2.45, 2.75) is 0 Å². The maximum atomic E-state index is 13.0. The maximum absolute atomic E-state index is 13.0. The molecule has 0 amide bonds. The van der Waals surface area contributed by atoms with Gasteiger partial charge in [-0.3, -0.25) is 0 Å². The number of carbonyl (C=O) groups excluding carboxylic acids is 2. The second-order valence-electron chi connectivity index (χ2n) is 6.91. The van der Waals surface area contributed by atoms with Crippen molar-refractivity contribution in [2.24, 2.45) is 0 Å². The zero-order valence-corrected chi connectivity index (χ0v) is 19.5. The Morgan fingerprint density at radius 1 is 0.706 bits per heavy atom. The number of hydrogen-bond donors (Lipinski definition) is 2. The topological polar surface area (TPSA) is 130 Å². The molecule has 0 atom stereocenters. The van der Waals surface area contributed by atoms with E-state index in [1.165, 1.54) is 34.5 Å². The molecule has 0 spiro atoms. The number of ether oxygens (including phenoxy) is 6. The third-order valence-electron chi connectivity index (χ3n) is 5.32. The fraction of sp³-hybridized carbons (Fsp3) is 0.250. The normalized spacial score (nSPS) is 10.5. The fourth-order valence-corrected chi connectivity index (χ4v) is 3.84. The van der Waals surface area contributed by atoms with Crippen molar-refractivity contribution < 1.29 is 48.2 Å². The fourth-order valence-electron chi connectivity index (χ4n) is 3.84. The van der Waals surface area contributed by atoms with E-state index in [1.807, 2.05) is 0 Å². The molecule has 0 saturated carbocycles. The lowest BCUT2D eigenvalue weighted by Gasteiger charge is -2.21. The first-order valence-electron chi connectivity index (χ1n) is 9.85. The standard InChI is InChI=1S/C24H24O10/c1-29-14-8-7-11(9-15(14)30-2)16-17-12(10-13(25)21(31-3)22(17)32-4)20(26)19(24(28)34-6)18(16)23(27)33-5/h7-10,25-26H,1-6H3. The van der Waals surface area contributed by atoms with Gasteiger partial charge in [-0.1, -0.05) is 6.07 Å². The largest absolute Gasteiger partial charge is 0.506 e. The summed E-state index contributed by atoms with van der Waals surface area (Å²) in [5.41, 5.74) is -0.189. The number of esters is 2. The van der Waals surface area contributed by atoms with E-state index in [-0.39, 0.29) is 39.1 Å². The number of hydrogen-bond acceptors (Lipinski definition) is 10. The van der Waals surface area contributed by atoms with Crippen molar-refractivity contribution in [3.8, 4) is 45.6 Å². The van der Waals surface area contributed by atoms with Gasteiger partial charge in [0, 0.05) is 16.3 Å². The Labute approximate surface area is 195 Å². The summed E-state index contributed by atoms with van der Waals surface area (Å²) < 4.78 is 31.3. The monoisotopic (exact) mass is 472 g/mol. The summed E-state index contributed by atoms with van der Waals surface area (Å²) in [6, 6.07) is 6.01. The molecule has 0 saturated heterocycles. The van der Waals surface area contributed by atoms with Crippen molar-refractivity contribution in [3.63, 3.8) is 0 Å². The molecule has 0 unspecified atom stereocenters. The number of methoxy groups -OCH3 is 6. The molecule has 3 aromatic rings. The number of phenolic OH excluding ortho intramolecular Hbond substituents is 2. The molecule has 0 bridgehead atoms. The average Bonchev–Trinajstić information content (AvgIpc) is 2.86. The molecular weight excluding hydrogens is 448 g/mol. The predicted molar refractivity (Wildman–Crippen MR) is 122 cm³/mol. The minimum atomic E-state index is -0.990. The van der Waals surface area contributed by atoms with Crippen LogP contribution in [0.1, 0.15) is 20.7 Å². The molecule has 0 heterocycles. The summed E-state index contributed by atoms with van der Waals surface area (Å²) in [4.78, 5) is 25.8. The number of rotatable bonds is 7. The Bertz CT molecular complexity index is 1280. The van der Waals surface area contributed by atoms with E-state index in [0.29, 0.717) is 17.1 Å². The van der Waals surface area contributed by atoms with Crippen LogP contribution in [0.3, 0.4) is 0 Å². The van der Waals surface area contributed by atoms with E-state index >= 15 is 0 Å². The zero-order valence-electron chi connectivity index (χ0n) is 19.5. The van der Waals surface area contributed by atoms with E-state index in [2.05, 4.69) is 0 Å². The summed E-state index contributed by atoms with van der Waals surface area (Å²) in [6.45, 7) is 0. The first kappa shape index (κ1) is 24.3. The van der Waals surface area contributed by atoms with Gasteiger partial charge in [-0.2, -0.15) is 0 Å². The van der Waals surface area contributed by atoms with Crippen LogP contribution in [-0.4, -0.2) is 64.8 Å². The molecule has 3 aromatic carbocycles. The Hall–Kier alpha value is -4.34. The molecule has 3 rings (SSSR count). The zero-order chi connectivity index (χ0) is 25.2. The Kier molecular flexibility index (Phi) is 6.90. The first-order chi connectivity index (χ1) is 16.3. The van der Waals surface area contributed by atoms with Crippen LogP contribution in [-0.2, 0) is 9.47 Å². The second-order valence-corrected chi connectivity index (χ2v) is 6.91. The van der Waals surface area contributed by atoms with E-state index < -0.39 is 23.3 Å². The van der Waals surface area contributed by atoms with E-state index in [4.69, 9.17) is 28.4 Å². The van der Waals surface area contributed by atoms with Gasteiger partial charge in [-0.25, -0.2) is 9.59 Å². The lowest BCUT2D eigenvalue weighted by Crippen LogP contribution is -2.15. The molecular formula is C24H24O10. The Morgan fingerprint density at radius 2 is 1.29 bits per heavy atom. The molecule has 2 N–H and O–H groups in total. The maximum Gasteiger partial charge on any atom is 0.342 e. The van der Waals surface area contributed by atoms with Crippen LogP contribution >= 0.6 is 0 Å². The molecule has 180 valence electrons. The summed E-state index contributed by atoms with van der Waals surface area (Å²) >= 11 is 0. The van der Waals surface area contributed by atoms with Gasteiger partial charge in [0.2, 0.25) is 5.75 Å². The van der Waals surface area contributed by atoms with Crippen LogP contribution in [0.15, 0.2) is 24.3 Å². The highest BCUT2D eigenvalue weighted by Crippen LogP contribution is 2.52. The van der Waals surface area contributed by atoms with Gasteiger partial charge in [0.05, 0.1) is 48.2 Å².